The van der Waals surface area contributed by atoms with E-state index in [4.69, 9.17) is 0 Å². The Morgan fingerprint density at radius 2 is 1.77 bits per heavy atom. The number of hydrogen-bond donors (Lipinski definition) is 0. The van der Waals surface area contributed by atoms with Gasteiger partial charge in [0, 0.05) is 31.6 Å². The molecule has 160 valence electrons. The number of benzene rings is 1. The SMILES string of the molecule is O=C(c1csc(S(=O)(=O)N2CCc3ccccc3C2)c1)N1CC[C@@H]2CCCC[C@@H]2C1. The number of likely N-dealkylation sites (tertiary alicyclic amines) is 1. The maximum absolute atomic E-state index is 13.2. The fourth-order valence-corrected chi connectivity index (χ4v) is 8.06. The number of thiophene rings is 1. The molecule has 3 heterocycles. The Bertz CT molecular complexity index is 1050. The number of rotatable bonds is 3. The first-order chi connectivity index (χ1) is 14.5. The van der Waals surface area contributed by atoms with Gasteiger partial charge in [-0.2, -0.15) is 4.31 Å². The van der Waals surface area contributed by atoms with Crippen LogP contribution in [0.2, 0.25) is 0 Å². The molecule has 1 saturated heterocycles. The van der Waals surface area contributed by atoms with E-state index in [1.165, 1.54) is 42.6 Å². The molecule has 2 aromatic rings. The molecule has 0 radical (unpaired) electrons. The van der Waals surface area contributed by atoms with Crippen LogP contribution < -0.4 is 0 Å². The van der Waals surface area contributed by atoms with Crippen LogP contribution in [0.1, 0.15) is 53.6 Å². The molecule has 1 amide bonds. The van der Waals surface area contributed by atoms with Gasteiger partial charge in [-0.1, -0.05) is 43.5 Å². The van der Waals surface area contributed by atoms with E-state index < -0.39 is 10.0 Å². The van der Waals surface area contributed by atoms with Gasteiger partial charge in [-0.15, -0.1) is 11.3 Å². The minimum Gasteiger partial charge on any atom is -0.338 e. The van der Waals surface area contributed by atoms with E-state index in [1.807, 2.05) is 23.1 Å². The summed E-state index contributed by atoms with van der Waals surface area (Å²) in [5.74, 6) is 1.37. The lowest BCUT2D eigenvalue weighted by atomic mass is 9.75. The Morgan fingerprint density at radius 3 is 2.60 bits per heavy atom. The van der Waals surface area contributed by atoms with Gasteiger partial charge in [-0.05, 0) is 48.3 Å². The number of amides is 1. The van der Waals surface area contributed by atoms with Crippen LogP contribution in [0.25, 0.3) is 0 Å². The van der Waals surface area contributed by atoms with Crippen molar-refractivity contribution in [2.24, 2.45) is 11.8 Å². The number of piperidine rings is 1. The number of nitrogens with zero attached hydrogens (tertiary/aromatic N) is 2. The smallest absolute Gasteiger partial charge is 0.254 e. The predicted molar refractivity (Wildman–Crippen MR) is 118 cm³/mol. The molecule has 2 fully saturated rings. The summed E-state index contributed by atoms with van der Waals surface area (Å²) in [5.41, 5.74) is 2.80. The fraction of sp³-hybridized carbons (Fsp3) is 0.522. The molecule has 1 aromatic heterocycles. The quantitative estimate of drug-likeness (QED) is 0.715. The molecule has 0 bridgehead atoms. The summed E-state index contributed by atoms with van der Waals surface area (Å²) in [4.78, 5) is 15.0. The molecule has 0 N–H and O–H groups in total. The lowest BCUT2D eigenvalue weighted by Gasteiger charge is -2.41. The lowest BCUT2D eigenvalue weighted by molar-refractivity contribution is 0.0521. The Labute approximate surface area is 182 Å². The van der Waals surface area contributed by atoms with Crippen LogP contribution in [0.5, 0.6) is 0 Å². The highest BCUT2D eigenvalue weighted by Crippen LogP contribution is 2.37. The number of carbonyl (C=O) groups excluding carboxylic acids is 1. The van der Waals surface area contributed by atoms with Crippen molar-refractivity contribution < 1.29 is 13.2 Å². The van der Waals surface area contributed by atoms with Gasteiger partial charge in [-0.25, -0.2) is 8.42 Å². The van der Waals surface area contributed by atoms with E-state index in [-0.39, 0.29) is 10.1 Å². The fourth-order valence-electron chi connectivity index (χ4n) is 5.33. The Kier molecular flexibility index (Phi) is 5.45. The second-order valence-corrected chi connectivity index (χ2v) is 11.9. The number of fused-ring (bicyclic) bond motifs is 2. The van der Waals surface area contributed by atoms with Crippen LogP contribution >= 0.6 is 11.3 Å². The van der Waals surface area contributed by atoms with Gasteiger partial charge in [-0.3, -0.25) is 4.79 Å². The van der Waals surface area contributed by atoms with Crippen molar-refractivity contribution in [2.45, 2.75) is 49.3 Å². The van der Waals surface area contributed by atoms with Gasteiger partial charge in [0.15, 0.2) is 0 Å². The van der Waals surface area contributed by atoms with Crippen molar-refractivity contribution in [1.82, 2.24) is 9.21 Å². The van der Waals surface area contributed by atoms with E-state index in [9.17, 15) is 13.2 Å². The second-order valence-electron chi connectivity index (χ2n) is 8.86. The van der Waals surface area contributed by atoms with Crippen molar-refractivity contribution in [3.05, 3.63) is 52.4 Å². The third-order valence-corrected chi connectivity index (χ3v) is 10.4. The first kappa shape index (κ1) is 20.2. The van der Waals surface area contributed by atoms with Gasteiger partial charge in [0.2, 0.25) is 0 Å². The summed E-state index contributed by atoms with van der Waals surface area (Å²) in [6.45, 7) is 2.50. The van der Waals surface area contributed by atoms with Crippen LogP contribution in [0.4, 0.5) is 0 Å². The third kappa shape index (κ3) is 3.72. The maximum Gasteiger partial charge on any atom is 0.254 e. The van der Waals surface area contributed by atoms with E-state index in [0.29, 0.717) is 24.6 Å². The lowest BCUT2D eigenvalue weighted by Crippen LogP contribution is -2.44. The Balaban J connectivity index is 1.31. The molecule has 7 heteroatoms. The van der Waals surface area contributed by atoms with E-state index in [0.717, 1.165) is 37.4 Å². The summed E-state index contributed by atoms with van der Waals surface area (Å²) in [7, 11) is -3.59. The molecule has 1 saturated carbocycles. The molecule has 0 spiro atoms. The largest absolute Gasteiger partial charge is 0.338 e. The van der Waals surface area contributed by atoms with Crippen molar-refractivity contribution in [1.29, 1.82) is 0 Å². The van der Waals surface area contributed by atoms with Gasteiger partial charge < -0.3 is 4.90 Å². The highest BCUT2D eigenvalue weighted by molar-refractivity contribution is 7.91. The third-order valence-electron chi connectivity index (χ3n) is 7.09. The molecule has 1 aliphatic carbocycles. The Hall–Kier alpha value is -1.70. The average Bonchev–Trinajstić information content (AvgIpc) is 3.29. The molecular formula is C23H28N2O3S2. The predicted octanol–water partition coefficient (Wildman–Crippen LogP) is 4.15. The molecule has 0 unspecified atom stereocenters. The number of carbonyl (C=O) groups is 1. The van der Waals surface area contributed by atoms with Crippen molar-refractivity contribution in [3.8, 4) is 0 Å². The first-order valence-corrected chi connectivity index (χ1v) is 13.3. The van der Waals surface area contributed by atoms with Crippen LogP contribution in [0, 0.1) is 11.8 Å². The molecule has 2 aliphatic heterocycles. The normalized spacial score (nSPS) is 24.9. The van der Waals surface area contributed by atoms with Crippen molar-refractivity contribution >= 4 is 27.3 Å². The maximum atomic E-state index is 13.2. The second kappa shape index (κ2) is 8.09. The summed E-state index contributed by atoms with van der Waals surface area (Å²) in [6, 6.07) is 9.60. The minimum absolute atomic E-state index is 0.0132. The zero-order valence-corrected chi connectivity index (χ0v) is 18.8. The van der Waals surface area contributed by atoms with E-state index in [1.54, 1.807) is 15.8 Å². The van der Waals surface area contributed by atoms with Crippen molar-refractivity contribution in [2.75, 3.05) is 19.6 Å². The first-order valence-electron chi connectivity index (χ1n) is 11.0. The number of hydrogen-bond acceptors (Lipinski definition) is 4. The molecule has 5 rings (SSSR count). The highest BCUT2D eigenvalue weighted by Gasteiger charge is 2.34. The van der Waals surface area contributed by atoms with Crippen LogP contribution in [-0.4, -0.2) is 43.2 Å². The van der Waals surface area contributed by atoms with E-state index in [2.05, 4.69) is 6.07 Å². The number of sulfonamides is 1. The highest BCUT2D eigenvalue weighted by atomic mass is 32.2. The molecular weight excluding hydrogens is 416 g/mol. The van der Waals surface area contributed by atoms with Gasteiger partial charge in [0.05, 0.1) is 5.56 Å². The zero-order chi connectivity index (χ0) is 20.7. The topological polar surface area (TPSA) is 57.7 Å². The zero-order valence-electron chi connectivity index (χ0n) is 17.1. The summed E-state index contributed by atoms with van der Waals surface area (Å²) >= 11 is 1.17. The molecule has 30 heavy (non-hydrogen) atoms. The standard InChI is InChI=1S/C23H28N2O3S2/c26-23(24-11-9-17-5-1-3-7-19(17)14-24)21-13-22(29-16-21)30(27,28)25-12-10-18-6-2-4-8-20(18)15-25/h2,4,6,8,13,16-17,19H,1,3,5,7,9-12,14-15H2/t17-,19+/m0/s1. The van der Waals surface area contributed by atoms with Gasteiger partial charge in [0.25, 0.3) is 15.9 Å². The summed E-state index contributed by atoms with van der Waals surface area (Å²) in [5, 5.41) is 1.72. The minimum atomic E-state index is -3.59. The molecule has 5 nitrogen and oxygen atoms in total. The van der Waals surface area contributed by atoms with Crippen molar-refractivity contribution in [3.63, 3.8) is 0 Å². The van der Waals surface area contributed by atoms with Gasteiger partial charge >= 0.3 is 0 Å². The van der Waals surface area contributed by atoms with Crippen LogP contribution in [-0.2, 0) is 23.0 Å². The van der Waals surface area contributed by atoms with E-state index >= 15 is 0 Å². The molecule has 3 aliphatic rings. The average molecular weight is 445 g/mol. The Morgan fingerprint density at radius 1 is 1.00 bits per heavy atom. The molecule has 2 atom stereocenters. The molecule has 1 aromatic carbocycles. The summed E-state index contributed by atoms with van der Waals surface area (Å²) < 4.78 is 28.2. The van der Waals surface area contributed by atoms with Crippen LogP contribution in [0.15, 0.2) is 39.9 Å². The summed E-state index contributed by atoms with van der Waals surface area (Å²) in [6.07, 6.45) is 6.91. The van der Waals surface area contributed by atoms with Crippen LogP contribution in [0.3, 0.4) is 0 Å². The van der Waals surface area contributed by atoms with Gasteiger partial charge in [0.1, 0.15) is 4.21 Å². The monoisotopic (exact) mass is 444 g/mol.